The van der Waals surface area contributed by atoms with Gasteiger partial charge in [-0.05, 0) is 39.3 Å². The molecule has 0 spiro atoms. The first-order valence-electron chi connectivity index (χ1n) is 7.29. The molecule has 1 radical (unpaired) electrons. The van der Waals surface area contributed by atoms with E-state index in [4.69, 9.17) is 0 Å². The molecule has 0 heterocycles. The van der Waals surface area contributed by atoms with E-state index in [2.05, 4.69) is 32.6 Å². The fraction of sp³-hybridized carbons (Fsp3) is 0.933. The van der Waals surface area contributed by atoms with Gasteiger partial charge in [0, 0.05) is 6.04 Å². The molecule has 0 aliphatic heterocycles. The minimum absolute atomic E-state index is 0.728. The highest BCUT2D eigenvalue weighted by atomic mass is 15.1. The molecular formula is C15H32N. The lowest BCUT2D eigenvalue weighted by Gasteiger charge is -2.29. The molecular weight excluding hydrogens is 194 g/mol. The molecule has 0 N–H and O–H groups in total. The van der Waals surface area contributed by atoms with Gasteiger partial charge in [0.15, 0.2) is 0 Å². The standard InChI is InChI=1S/C15H32N/c1-5-8-10-13-16(14-11-9-6-2)15(4)12-7-3/h15H,3,5-14H2,1-2,4H3. The van der Waals surface area contributed by atoms with Gasteiger partial charge in [-0.25, -0.2) is 0 Å². The fourth-order valence-corrected chi connectivity index (χ4v) is 2.16. The summed E-state index contributed by atoms with van der Waals surface area (Å²) in [5, 5.41) is 0. The molecule has 97 valence electrons. The number of hydrogen-bond donors (Lipinski definition) is 0. The summed E-state index contributed by atoms with van der Waals surface area (Å²) in [6.07, 6.45) is 10.5. The van der Waals surface area contributed by atoms with Gasteiger partial charge < -0.3 is 4.90 Å². The van der Waals surface area contributed by atoms with E-state index in [9.17, 15) is 0 Å². The first-order chi connectivity index (χ1) is 7.76. The molecule has 0 saturated heterocycles. The van der Waals surface area contributed by atoms with Crippen molar-refractivity contribution in [1.29, 1.82) is 0 Å². The van der Waals surface area contributed by atoms with E-state index < -0.39 is 0 Å². The van der Waals surface area contributed by atoms with Crippen LogP contribution in [-0.2, 0) is 0 Å². The van der Waals surface area contributed by atoms with Crippen molar-refractivity contribution >= 4 is 0 Å². The largest absolute Gasteiger partial charge is 0.301 e. The topological polar surface area (TPSA) is 3.24 Å². The molecule has 1 unspecified atom stereocenters. The number of unbranched alkanes of at least 4 members (excludes halogenated alkanes) is 4. The van der Waals surface area contributed by atoms with Gasteiger partial charge in [0.05, 0.1) is 0 Å². The zero-order chi connectivity index (χ0) is 12.2. The second-order valence-electron chi connectivity index (χ2n) is 4.94. The maximum absolute atomic E-state index is 3.97. The fourth-order valence-electron chi connectivity index (χ4n) is 2.16. The molecule has 16 heavy (non-hydrogen) atoms. The van der Waals surface area contributed by atoms with Crippen molar-refractivity contribution in [1.82, 2.24) is 4.90 Å². The van der Waals surface area contributed by atoms with Crippen LogP contribution >= 0.6 is 0 Å². The minimum atomic E-state index is 0.728. The smallest absolute Gasteiger partial charge is 0.00669 e. The molecule has 0 aliphatic carbocycles. The van der Waals surface area contributed by atoms with E-state index in [-0.39, 0.29) is 0 Å². The second-order valence-corrected chi connectivity index (χ2v) is 4.94. The Morgan fingerprint density at radius 1 is 0.938 bits per heavy atom. The summed E-state index contributed by atoms with van der Waals surface area (Å²) in [4.78, 5) is 2.68. The van der Waals surface area contributed by atoms with Gasteiger partial charge in [-0.1, -0.05) is 52.9 Å². The zero-order valence-electron chi connectivity index (χ0n) is 11.8. The maximum atomic E-state index is 3.97. The van der Waals surface area contributed by atoms with Crippen LogP contribution in [0.3, 0.4) is 0 Å². The molecule has 1 heteroatoms. The average Bonchev–Trinajstić information content (AvgIpc) is 2.28. The summed E-state index contributed by atoms with van der Waals surface area (Å²) in [6.45, 7) is 13.5. The summed E-state index contributed by atoms with van der Waals surface area (Å²) in [5.74, 6) is 0. The molecule has 1 atom stereocenters. The van der Waals surface area contributed by atoms with E-state index in [1.807, 2.05) is 0 Å². The first-order valence-corrected chi connectivity index (χ1v) is 7.29. The molecule has 0 aromatic heterocycles. The highest BCUT2D eigenvalue weighted by Crippen LogP contribution is 2.10. The summed E-state index contributed by atoms with van der Waals surface area (Å²) in [6, 6.07) is 0.728. The summed E-state index contributed by atoms with van der Waals surface area (Å²) in [5.41, 5.74) is 0. The number of rotatable bonds is 11. The lowest BCUT2D eigenvalue weighted by molar-refractivity contribution is 0.192. The normalized spacial score (nSPS) is 13.3. The molecule has 1 nitrogen and oxygen atoms in total. The van der Waals surface area contributed by atoms with Gasteiger partial charge in [0.1, 0.15) is 0 Å². The van der Waals surface area contributed by atoms with E-state index >= 15 is 0 Å². The Morgan fingerprint density at radius 3 is 1.81 bits per heavy atom. The molecule has 0 fully saturated rings. The van der Waals surface area contributed by atoms with Crippen molar-refractivity contribution in [2.45, 2.75) is 78.2 Å². The number of hydrogen-bond acceptors (Lipinski definition) is 1. The Bertz CT molecular complexity index is 123. The van der Waals surface area contributed by atoms with Crippen molar-refractivity contribution in [3.8, 4) is 0 Å². The van der Waals surface area contributed by atoms with Crippen molar-refractivity contribution in [2.75, 3.05) is 13.1 Å². The molecule has 0 amide bonds. The van der Waals surface area contributed by atoms with Gasteiger partial charge in [0.2, 0.25) is 0 Å². The monoisotopic (exact) mass is 226 g/mol. The van der Waals surface area contributed by atoms with Crippen LogP contribution in [0.5, 0.6) is 0 Å². The SMILES string of the molecule is [CH2]CCC(C)N(CCCCC)CCCCC. The van der Waals surface area contributed by atoms with Gasteiger partial charge in [-0.3, -0.25) is 0 Å². The summed E-state index contributed by atoms with van der Waals surface area (Å²) in [7, 11) is 0. The van der Waals surface area contributed by atoms with Crippen LogP contribution in [0.1, 0.15) is 72.1 Å². The van der Waals surface area contributed by atoms with Gasteiger partial charge >= 0.3 is 0 Å². The van der Waals surface area contributed by atoms with Crippen molar-refractivity contribution < 1.29 is 0 Å². The Morgan fingerprint density at radius 2 is 1.44 bits per heavy atom. The van der Waals surface area contributed by atoms with Gasteiger partial charge in [0.25, 0.3) is 0 Å². The maximum Gasteiger partial charge on any atom is 0.00669 e. The lowest BCUT2D eigenvalue weighted by Crippen LogP contribution is -2.34. The van der Waals surface area contributed by atoms with Crippen LogP contribution in [0.4, 0.5) is 0 Å². The quantitative estimate of drug-likeness (QED) is 0.463. The lowest BCUT2D eigenvalue weighted by atomic mass is 10.1. The average molecular weight is 226 g/mol. The molecule has 0 aliphatic rings. The van der Waals surface area contributed by atoms with Crippen LogP contribution < -0.4 is 0 Å². The van der Waals surface area contributed by atoms with Gasteiger partial charge in [-0.2, -0.15) is 0 Å². The van der Waals surface area contributed by atoms with Crippen molar-refractivity contribution in [3.05, 3.63) is 6.92 Å². The van der Waals surface area contributed by atoms with Crippen LogP contribution in [0.15, 0.2) is 0 Å². The Labute approximate surface area is 104 Å². The highest BCUT2D eigenvalue weighted by molar-refractivity contribution is 4.68. The van der Waals surface area contributed by atoms with E-state index in [0.29, 0.717) is 0 Å². The third kappa shape index (κ3) is 8.15. The summed E-state index contributed by atoms with van der Waals surface area (Å²) < 4.78 is 0. The first kappa shape index (κ1) is 16.0. The Hall–Kier alpha value is -0.0400. The zero-order valence-corrected chi connectivity index (χ0v) is 11.8. The molecule has 0 aromatic carbocycles. The predicted molar refractivity (Wildman–Crippen MR) is 74.7 cm³/mol. The van der Waals surface area contributed by atoms with E-state index in [0.717, 1.165) is 12.5 Å². The van der Waals surface area contributed by atoms with Crippen LogP contribution in [0.25, 0.3) is 0 Å². The third-order valence-electron chi connectivity index (χ3n) is 3.34. The predicted octanol–water partition coefficient (Wildman–Crippen LogP) is 4.67. The molecule has 0 bridgehead atoms. The van der Waals surface area contributed by atoms with E-state index in [1.54, 1.807) is 0 Å². The second kappa shape index (κ2) is 11.4. The molecule has 0 aromatic rings. The highest BCUT2D eigenvalue weighted by Gasteiger charge is 2.11. The van der Waals surface area contributed by atoms with Crippen molar-refractivity contribution in [3.63, 3.8) is 0 Å². The minimum Gasteiger partial charge on any atom is -0.301 e. The van der Waals surface area contributed by atoms with Crippen molar-refractivity contribution in [2.24, 2.45) is 0 Å². The van der Waals surface area contributed by atoms with Crippen LogP contribution in [0, 0.1) is 6.92 Å². The Balaban J connectivity index is 3.84. The number of nitrogens with zero attached hydrogens (tertiary/aromatic N) is 1. The summed E-state index contributed by atoms with van der Waals surface area (Å²) >= 11 is 0. The van der Waals surface area contributed by atoms with E-state index in [1.165, 1.54) is 58.0 Å². The van der Waals surface area contributed by atoms with Gasteiger partial charge in [-0.15, -0.1) is 0 Å². The Kier molecular flexibility index (Phi) is 11.4. The third-order valence-corrected chi connectivity index (χ3v) is 3.34. The molecule has 0 saturated carbocycles. The van der Waals surface area contributed by atoms with Crippen LogP contribution in [0.2, 0.25) is 0 Å². The van der Waals surface area contributed by atoms with Crippen LogP contribution in [-0.4, -0.2) is 24.0 Å². The molecule has 0 rings (SSSR count).